The Morgan fingerprint density at radius 3 is 1.25 bits per heavy atom. The predicted octanol–water partition coefficient (Wildman–Crippen LogP) is 7.16. The molecule has 0 fully saturated rings. The molecule has 6 rings (SSSR count). The molecule has 2 aliphatic rings. The first-order valence-electron chi connectivity index (χ1n) is 22.1. The summed E-state index contributed by atoms with van der Waals surface area (Å²) in [6.45, 7) is 1.25. The summed E-state index contributed by atoms with van der Waals surface area (Å²) < 4.78 is 82.8. The van der Waals surface area contributed by atoms with Crippen LogP contribution >= 0.6 is 0 Å². The number of nitrogens with zero attached hydrogens (tertiary/aromatic N) is 7. The fourth-order valence-electron chi connectivity index (χ4n) is 8.53. The van der Waals surface area contributed by atoms with Crippen molar-refractivity contribution in [1.29, 1.82) is 10.5 Å². The second kappa shape index (κ2) is 21.3. The maximum atomic E-state index is 14.3. The number of hydrogen-bond acceptors (Lipinski definition) is 8. The molecule has 0 unspecified atom stereocenters. The van der Waals surface area contributed by atoms with Gasteiger partial charge in [-0.15, -0.1) is 0 Å². The molecule has 0 radical (unpaired) electrons. The number of rotatable bonds is 16. The first-order chi connectivity index (χ1) is 34.3. The zero-order valence-corrected chi connectivity index (χ0v) is 39.4. The van der Waals surface area contributed by atoms with Gasteiger partial charge in [-0.3, -0.25) is 19.4 Å². The number of benzene rings is 4. The number of alkyl halides is 6. The van der Waals surface area contributed by atoms with Gasteiger partial charge in [-0.2, -0.15) is 36.9 Å². The third kappa shape index (κ3) is 11.9. The van der Waals surface area contributed by atoms with Crippen LogP contribution in [0.4, 0.5) is 47.3 Å². The van der Waals surface area contributed by atoms with Crippen molar-refractivity contribution in [3.8, 4) is 12.1 Å². The third-order valence-corrected chi connectivity index (χ3v) is 12.2. The molecule has 0 spiro atoms. The minimum atomic E-state index is -4.82. The van der Waals surface area contributed by atoms with Crippen LogP contribution in [0, 0.1) is 22.7 Å². The molecule has 2 atom stereocenters. The van der Waals surface area contributed by atoms with E-state index in [1.165, 1.54) is 74.5 Å². The summed E-state index contributed by atoms with van der Waals surface area (Å²) in [5.74, 6) is -4.62. The number of carbonyl (C=O) groups is 6. The highest BCUT2D eigenvalue weighted by Crippen LogP contribution is 2.43. The molecular weight excluding hydrogens is 969 g/mol. The van der Waals surface area contributed by atoms with Crippen LogP contribution in [0.3, 0.4) is 0 Å². The van der Waals surface area contributed by atoms with Crippen LogP contribution in [0.5, 0.6) is 0 Å². The maximum Gasteiger partial charge on any atom is 0.416 e. The summed E-state index contributed by atoms with van der Waals surface area (Å²) in [7, 11) is 3.48. The van der Waals surface area contributed by atoms with Crippen LogP contribution in [0.2, 0.25) is 0 Å². The van der Waals surface area contributed by atoms with Crippen molar-refractivity contribution in [3.63, 3.8) is 0 Å². The first kappa shape index (κ1) is 53.6. The molecule has 4 aromatic rings. The summed E-state index contributed by atoms with van der Waals surface area (Å²) in [4.78, 5) is 85.2. The van der Waals surface area contributed by atoms with Crippen molar-refractivity contribution >= 4 is 47.2 Å². The molecule has 0 saturated carbocycles. The van der Waals surface area contributed by atoms with Crippen LogP contribution in [0.1, 0.15) is 59.3 Å². The van der Waals surface area contributed by atoms with Gasteiger partial charge in [0, 0.05) is 11.4 Å². The number of carboxylic acids is 2. The Morgan fingerprint density at radius 1 is 0.603 bits per heavy atom. The van der Waals surface area contributed by atoms with E-state index in [-0.39, 0.29) is 75.7 Å². The molecule has 0 bridgehead atoms. The van der Waals surface area contributed by atoms with Crippen molar-refractivity contribution in [1.82, 2.24) is 20.4 Å². The predicted molar refractivity (Wildman–Crippen MR) is 248 cm³/mol. The van der Waals surface area contributed by atoms with E-state index in [2.05, 4.69) is 10.6 Å². The highest BCUT2D eigenvalue weighted by Gasteiger charge is 2.46. The molecule has 6 amide bonds. The lowest BCUT2D eigenvalue weighted by molar-refractivity contribution is -0.887. The molecule has 0 aromatic heterocycles. The van der Waals surface area contributed by atoms with E-state index in [9.17, 15) is 75.8 Å². The molecular formula is C50H46F6N9O8+. The zero-order chi connectivity index (χ0) is 53.7. The maximum absolute atomic E-state index is 14.3. The van der Waals surface area contributed by atoms with E-state index in [1.54, 1.807) is 14.1 Å². The summed E-state index contributed by atoms with van der Waals surface area (Å²) in [5.41, 5.74) is -3.33. The minimum absolute atomic E-state index is 0.0507. The van der Waals surface area contributed by atoms with Gasteiger partial charge in [0.05, 0.1) is 109 Å². The van der Waals surface area contributed by atoms with Gasteiger partial charge in [-0.1, -0.05) is 36.4 Å². The lowest BCUT2D eigenvalue weighted by atomic mass is 9.92. The second-order valence-electron chi connectivity index (χ2n) is 17.6. The number of amides is 6. The van der Waals surface area contributed by atoms with Gasteiger partial charge in [0.25, 0.3) is 0 Å². The van der Waals surface area contributed by atoms with E-state index < -0.39 is 95.6 Å². The molecule has 2 heterocycles. The first-order valence-corrected chi connectivity index (χ1v) is 22.1. The lowest BCUT2D eigenvalue weighted by Crippen LogP contribution is -2.55. The van der Waals surface area contributed by atoms with Crippen molar-refractivity contribution in [2.24, 2.45) is 0 Å². The molecule has 380 valence electrons. The summed E-state index contributed by atoms with van der Waals surface area (Å²) in [6, 6.07) is 17.5. The Bertz CT molecular complexity index is 2800. The number of urea groups is 2. The van der Waals surface area contributed by atoms with E-state index in [1.807, 2.05) is 12.1 Å². The fourth-order valence-corrected chi connectivity index (χ4v) is 8.53. The average Bonchev–Trinajstić information content (AvgIpc) is 3.32. The smallest absolute Gasteiger partial charge is 0.416 e. The van der Waals surface area contributed by atoms with Gasteiger partial charge in [0.1, 0.15) is 13.1 Å². The summed E-state index contributed by atoms with van der Waals surface area (Å²) >= 11 is 0. The Kier molecular flexibility index (Phi) is 15.7. The number of hydrogen-bond donors (Lipinski definition) is 4. The molecule has 0 saturated heterocycles. The molecule has 23 heteroatoms. The number of anilines is 2. The number of halogens is 6. The van der Waals surface area contributed by atoms with Crippen molar-refractivity contribution in [2.45, 2.75) is 38.3 Å². The van der Waals surface area contributed by atoms with Gasteiger partial charge >= 0.3 is 36.4 Å². The van der Waals surface area contributed by atoms with Gasteiger partial charge in [0.2, 0.25) is 11.8 Å². The number of carboxylic acid groups (broad SMARTS) is 2. The van der Waals surface area contributed by atoms with Gasteiger partial charge in [-0.05, 0) is 85.6 Å². The van der Waals surface area contributed by atoms with E-state index >= 15 is 0 Å². The number of allylic oxidation sites excluding steroid dienone is 2. The Labute approximate surface area is 413 Å². The number of nitriles is 2. The number of carbonyl (C=O) groups excluding carboxylic acids is 4. The van der Waals surface area contributed by atoms with E-state index in [4.69, 9.17) is 0 Å². The quantitative estimate of drug-likeness (QED) is 0.0654. The van der Waals surface area contributed by atoms with E-state index in [0.717, 1.165) is 43.9 Å². The lowest BCUT2D eigenvalue weighted by Gasteiger charge is -2.42. The molecule has 73 heavy (non-hydrogen) atoms. The number of nitrogens with one attached hydrogen (secondary N) is 2. The van der Waals surface area contributed by atoms with Crippen LogP contribution in [-0.4, -0.2) is 114 Å². The zero-order valence-electron chi connectivity index (χ0n) is 39.4. The van der Waals surface area contributed by atoms with Crippen LogP contribution < -0.4 is 20.4 Å². The minimum Gasteiger partial charge on any atom is -0.478 e. The molecule has 17 nitrogen and oxygen atoms in total. The Morgan fingerprint density at radius 2 is 0.945 bits per heavy atom. The third-order valence-electron chi connectivity index (χ3n) is 12.2. The molecule has 4 aromatic carbocycles. The number of likely N-dealkylation sites (N-methyl/N-ethyl adjacent to an activating group) is 1. The van der Waals surface area contributed by atoms with Gasteiger partial charge < -0.3 is 35.1 Å². The van der Waals surface area contributed by atoms with Gasteiger partial charge in [-0.25, -0.2) is 19.2 Å². The van der Waals surface area contributed by atoms with Crippen molar-refractivity contribution in [3.05, 3.63) is 153 Å². The van der Waals surface area contributed by atoms with Crippen LogP contribution in [0.25, 0.3) is 0 Å². The highest BCUT2D eigenvalue weighted by molar-refractivity contribution is 6.05. The Hall–Kier alpha value is -8.70. The highest BCUT2D eigenvalue weighted by atomic mass is 19.4. The Balaban J connectivity index is 1.16. The van der Waals surface area contributed by atoms with Crippen molar-refractivity contribution in [2.75, 3.05) is 63.2 Å². The van der Waals surface area contributed by atoms with Crippen LogP contribution in [0.15, 0.2) is 120 Å². The summed E-state index contributed by atoms with van der Waals surface area (Å²) in [5, 5.41) is 45.1. The largest absolute Gasteiger partial charge is 0.478 e. The fraction of sp³-hybridized carbons (Fsp3) is 0.280. The van der Waals surface area contributed by atoms with E-state index in [0.29, 0.717) is 12.1 Å². The molecule has 2 aliphatic heterocycles. The molecule has 0 aliphatic carbocycles. The number of aliphatic carboxylic acids is 2. The standard InChI is InChI=1S/C50H45F6N9O8/c1-29-41(45(68)69)43(33-15-11-31(25-57)12-16-33)61(47(72)63(29)37-9-5-7-35(23-37)49(51,52)53)27-39(66)59-19-21-65(3,4)22-20-60-40(67)28-62-44(34-17-13-32(26-58)14-18-34)42(46(70)71)30(2)64(48(62)73)38-10-6-8-36(24-38)50(54,55)56/h5-18,23-24,43-44H,19-22,27-28H2,1-4H3,(H3-,59,60,66,67,68,69,70,71)/p+1/t43-,44-/m1/s1. The number of quaternary nitrogens is 1. The molecule has 4 N–H and O–H groups in total. The topological polar surface area (TPSA) is 227 Å². The normalized spacial score (nSPS) is 16.5. The average molecular weight is 1010 g/mol. The van der Waals surface area contributed by atoms with Crippen LogP contribution in [-0.2, 0) is 31.5 Å². The van der Waals surface area contributed by atoms with Crippen molar-refractivity contribution < 1.29 is 69.8 Å². The summed E-state index contributed by atoms with van der Waals surface area (Å²) in [6.07, 6.45) is -9.63. The second-order valence-corrected chi connectivity index (χ2v) is 17.6. The SMILES string of the molecule is CC1=C(C(=O)O)[C@@H](c2ccc(C#N)cc2)N(CC(=O)NCC[N+](C)(C)CCNC(=O)CN2C(=O)N(c3cccc(C(F)(F)F)c3)C(C)=C(C(=O)O)[C@H]2c2ccc(C#N)cc2)C(=O)N1c1cccc(C(F)(F)F)c1. The monoisotopic (exact) mass is 1010 g/mol. The van der Waals surface area contributed by atoms with Gasteiger partial charge in [0.15, 0.2) is 0 Å².